The molecule has 0 fully saturated rings. The van der Waals surface area contributed by atoms with E-state index in [0.29, 0.717) is 17.5 Å². The average Bonchev–Trinajstić information content (AvgIpc) is 3.75. The van der Waals surface area contributed by atoms with Gasteiger partial charge in [0.05, 0.1) is 11.0 Å². The molecule has 5 heteroatoms. The van der Waals surface area contributed by atoms with Crippen LogP contribution in [0.2, 0.25) is 0 Å². The molecule has 7 aromatic carbocycles. The quantitative estimate of drug-likeness (QED) is 0.188. The van der Waals surface area contributed by atoms with E-state index in [1.165, 1.54) is 5.39 Å². The van der Waals surface area contributed by atoms with Crippen molar-refractivity contribution < 1.29 is 4.42 Å². The summed E-state index contributed by atoms with van der Waals surface area (Å²) in [5.41, 5.74) is 9.77. The van der Waals surface area contributed by atoms with Crippen LogP contribution in [0.25, 0.3) is 94.7 Å². The summed E-state index contributed by atoms with van der Waals surface area (Å²) in [4.78, 5) is 15.2. The maximum atomic E-state index is 6.92. The molecule has 0 saturated heterocycles. The predicted octanol–water partition coefficient (Wildman–Crippen LogP) is 11.5. The minimum atomic E-state index is 0.604. The Kier molecular flexibility index (Phi) is 6.42. The molecule has 10 aromatic rings. The highest BCUT2D eigenvalue weighted by atomic mass is 16.3. The number of hydrogen-bond donors (Lipinski definition) is 0. The fraction of sp³-hybridized carbons (Fsp3) is 0. The minimum absolute atomic E-state index is 0.604. The molecule has 0 aliphatic heterocycles. The van der Waals surface area contributed by atoms with E-state index in [-0.39, 0.29) is 0 Å². The van der Waals surface area contributed by atoms with Crippen molar-refractivity contribution in [3.63, 3.8) is 0 Å². The number of benzene rings is 7. The van der Waals surface area contributed by atoms with Crippen molar-refractivity contribution in [2.45, 2.75) is 0 Å². The highest BCUT2D eigenvalue weighted by Crippen LogP contribution is 2.46. The normalized spacial score (nSPS) is 11.6. The Hall–Kier alpha value is -6.85. The first-order valence-electron chi connectivity index (χ1n) is 16.7. The van der Waals surface area contributed by atoms with Gasteiger partial charge in [0.2, 0.25) is 0 Å². The fourth-order valence-electron chi connectivity index (χ4n) is 7.24. The average molecular weight is 641 g/mol. The molecular formula is C45H28N4O. The van der Waals surface area contributed by atoms with Crippen molar-refractivity contribution in [3.05, 3.63) is 170 Å². The summed E-state index contributed by atoms with van der Waals surface area (Å²) in [5.74, 6) is 1.85. The lowest BCUT2D eigenvalue weighted by molar-refractivity contribution is 0.671. The van der Waals surface area contributed by atoms with Crippen LogP contribution in [0.1, 0.15) is 0 Å². The summed E-state index contributed by atoms with van der Waals surface area (Å²) >= 11 is 0. The van der Waals surface area contributed by atoms with E-state index >= 15 is 0 Å². The number of para-hydroxylation sites is 2. The highest BCUT2D eigenvalue weighted by Gasteiger charge is 2.24. The highest BCUT2D eigenvalue weighted by molar-refractivity contribution is 6.24. The summed E-state index contributed by atoms with van der Waals surface area (Å²) < 4.78 is 9.24. The van der Waals surface area contributed by atoms with E-state index in [9.17, 15) is 0 Å². The van der Waals surface area contributed by atoms with E-state index in [2.05, 4.69) is 108 Å². The second kappa shape index (κ2) is 11.4. The van der Waals surface area contributed by atoms with Gasteiger partial charge in [0.15, 0.2) is 23.1 Å². The van der Waals surface area contributed by atoms with Crippen LogP contribution >= 0.6 is 0 Å². The number of fused-ring (bicyclic) bond motifs is 7. The molecule has 50 heavy (non-hydrogen) atoms. The second-order valence-electron chi connectivity index (χ2n) is 12.4. The van der Waals surface area contributed by atoms with Gasteiger partial charge in [-0.3, -0.25) is 0 Å². The Morgan fingerprint density at radius 2 is 0.960 bits per heavy atom. The molecule has 0 aliphatic carbocycles. The Bertz CT molecular complexity index is 2780. The molecule has 0 atom stereocenters. The molecule has 0 unspecified atom stereocenters. The van der Waals surface area contributed by atoms with E-state index in [1.54, 1.807) is 0 Å². The van der Waals surface area contributed by atoms with Crippen molar-refractivity contribution >= 4 is 43.7 Å². The van der Waals surface area contributed by atoms with Crippen molar-refractivity contribution in [2.75, 3.05) is 0 Å². The van der Waals surface area contributed by atoms with Crippen LogP contribution in [-0.4, -0.2) is 19.5 Å². The molecule has 0 N–H and O–H groups in total. The van der Waals surface area contributed by atoms with E-state index in [4.69, 9.17) is 19.4 Å². The van der Waals surface area contributed by atoms with Crippen LogP contribution in [0, 0.1) is 0 Å². The van der Waals surface area contributed by atoms with Gasteiger partial charge in [-0.15, -0.1) is 0 Å². The molecule has 0 bridgehead atoms. The van der Waals surface area contributed by atoms with Gasteiger partial charge in [0, 0.05) is 49.5 Å². The van der Waals surface area contributed by atoms with Crippen LogP contribution in [0.3, 0.4) is 0 Å². The van der Waals surface area contributed by atoms with E-state index in [1.807, 2.05) is 66.7 Å². The first-order valence-corrected chi connectivity index (χ1v) is 16.7. The number of aromatic nitrogens is 4. The van der Waals surface area contributed by atoms with Gasteiger partial charge in [-0.1, -0.05) is 133 Å². The molecule has 0 aliphatic rings. The predicted molar refractivity (Wildman–Crippen MR) is 203 cm³/mol. The number of nitrogens with zero attached hydrogens (tertiary/aromatic N) is 4. The standard InChI is InChI=1S/C45H28N4O/c1-5-15-29(16-6-1)39-36(45-47-43(30-17-7-2-8-18-30)46-44(48-45)31-19-9-3-10-20-31)27-28-38-40(39)35-26-25-34-33-23-13-14-24-37(33)49(41(34)42(35)50-38)32-21-11-4-12-22-32/h1-28H. The molecule has 0 amide bonds. The summed E-state index contributed by atoms with van der Waals surface area (Å²) in [6.07, 6.45) is 0. The molecule has 0 spiro atoms. The molecule has 10 rings (SSSR count). The third kappa shape index (κ3) is 4.45. The van der Waals surface area contributed by atoms with Gasteiger partial charge < -0.3 is 8.98 Å². The number of rotatable bonds is 5. The van der Waals surface area contributed by atoms with Crippen LogP contribution in [-0.2, 0) is 0 Å². The van der Waals surface area contributed by atoms with Gasteiger partial charge in [-0.2, -0.15) is 0 Å². The smallest absolute Gasteiger partial charge is 0.164 e. The maximum absolute atomic E-state index is 6.92. The van der Waals surface area contributed by atoms with Crippen LogP contribution in [0.15, 0.2) is 174 Å². The molecule has 0 radical (unpaired) electrons. The van der Waals surface area contributed by atoms with Gasteiger partial charge >= 0.3 is 0 Å². The van der Waals surface area contributed by atoms with Crippen LogP contribution < -0.4 is 0 Å². The topological polar surface area (TPSA) is 56.7 Å². The van der Waals surface area contributed by atoms with Gasteiger partial charge in [-0.05, 0) is 42.0 Å². The zero-order valence-electron chi connectivity index (χ0n) is 26.9. The molecule has 234 valence electrons. The Balaban J connectivity index is 1.32. The lowest BCUT2D eigenvalue weighted by atomic mass is 9.93. The monoisotopic (exact) mass is 640 g/mol. The van der Waals surface area contributed by atoms with Crippen molar-refractivity contribution in [3.8, 4) is 51.0 Å². The Morgan fingerprint density at radius 3 is 1.62 bits per heavy atom. The summed E-state index contributed by atoms with van der Waals surface area (Å²) in [5, 5.41) is 4.40. The third-order valence-corrected chi connectivity index (χ3v) is 9.46. The molecule has 3 heterocycles. The summed E-state index contributed by atoms with van der Waals surface area (Å²) in [6, 6.07) is 58.4. The Labute approximate surface area is 287 Å². The van der Waals surface area contributed by atoms with Crippen molar-refractivity contribution in [1.82, 2.24) is 19.5 Å². The summed E-state index contributed by atoms with van der Waals surface area (Å²) in [6.45, 7) is 0. The largest absolute Gasteiger partial charge is 0.454 e. The zero-order valence-corrected chi connectivity index (χ0v) is 26.9. The van der Waals surface area contributed by atoms with E-state index in [0.717, 1.165) is 71.9 Å². The zero-order chi connectivity index (χ0) is 33.0. The lowest BCUT2D eigenvalue weighted by Crippen LogP contribution is -2.01. The molecule has 5 nitrogen and oxygen atoms in total. The molecule has 0 saturated carbocycles. The molecular weight excluding hydrogens is 613 g/mol. The van der Waals surface area contributed by atoms with E-state index < -0.39 is 0 Å². The summed E-state index contributed by atoms with van der Waals surface area (Å²) in [7, 11) is 0. The number of furan rings is 1. The fourth-order valence-corrected chi connectivity index (χ4v) is 7.24. The first-order chi connectivity index (χ1) is 24.8. The Morgan fingerprint density at radius 1 is 0.420 bits per heavy atom. The van der Waals surface area contributed by atoms with Crippen LogP contribution in [0.4, 0.5) is 0 Å². The maximum Gasteiger partial charge on any atom is 0.164 e. The number of hydrogen-bond acceptors (Lipinski definition) is 4. The third-order valence-electron chi connectivity index (χ3n) is 9.46. The minimum Gasteiger partial charge on any atom is -0.454 e. The van der Waals surface area contributed by atoms with Gasteiger partial charge in [-0.25, -0.2) is 15.0 Å². The SMILES string of the molecule is c1ccc(-c2nc(-c3ccccc3)nc(-c3ccc4oc5c(ccc6c7ccccc7n(-c7ccccc7)c65)c4c3-c3ccccc3)n2)cc1. The van der Waals surface area contributed by atoms with Crippen molar-refractivity contribution in [1.29, 1.82) is 0 Å². The first kappa shape index (κ1) is 28.2. The van der Waals surface area contributed by atoms with Crippen molar-refractivity contribution in [2.24, 2.45) is 0 Å². The van der Waals surface area contributed by atoms with Gasteiger partial charge in [0.25, 0.3) is 0 Å². The van der Waals surface area contributed by atoms with Crippen LogP contribution in [0.5, 0.6) is 0 Å². The second-order valence-corrected chi connectivity index (χ2v) is 12.4. The lowest BCUT2D eigenvalue weighted by Gasteiger charge is -2.13. The molecule has 3 aromatic heterocycles. The van der Waals surface area contributed by atoms with Gasteiger partial charge in [0.1, 0.15) is 5.58 Å².